The molecular formula is C25H31IN6. The van der Waals surface area contributed by atoms with E-state index >= 15 is 0 Å². The van der Waals surface area contributed by atoms with E-state index in [1.165, 1.54) is 22.0 Å². The molecule has 0 bridgehead atoms. The molecule has 6 nitrogen and oxygen atoms in total. The summed E-state index contributed by atoms with van der Waals surface area (Å²) >= 11 is 0. The summed E-state index contributed by atoms with van der Waals surface area (Å²) in [7, 11) is 0. The third kappa shape index (κ3) is 6.59. The lowest BCUT2D eigenvalue weighted by Crippen LogP contribution is -2.38. The SMILES string of the molecule is CCNC(=NCc1cccc(Cn2ccnc2)c1)NCCCn1ccc2ccccc21.I. The Labute approximate surface area is 206 Å². The van der Waals surface area contributed by atoms with Crippen molar-refractivity contribution in [2.75, 3.05) is 13.1 Å². The number of hydrogen-bond donors (Lipinski definition) is 2. The van der Waals surface area contributed by atoms with E-state index in [-0.39, 0.29) is 24.0 Å². The molecule has 0 spiro atoms. The molecule has 2 N–H and O–H groups in total. The van der Waals surface area contributed by atoms with Crippen molar-refractivity contribution >= 4 is 40.8 Å². The van der Waals surface area contributed by atoms with Crippen LogP contribution in [0.15, 0.2) is 84.5 Å². The number of nitrogens with zero attached hydrogens (tertiary/aromatic N) is 4. The summed E-state index contributed by atoms with van der Waals surface area (Å²) in [6.45, 7) is 6.26. The molecule has 0 radical (unpaired) electrons. The molecule has 0 amide bonds. The molecular weight excluding hydrogens is 511 g/mol. The molecule has 0 unspecified atom stereocenters. The van der Waals surface area contributed by atoms with E-state index in [9.17, 15) is 0 Å². The maximum absolute atomic E-state index is 4.77. The van der Waals surface area contributed by atoms with Crippen molar-refractivity contribution in [1.82, 2.24) is 24.8 Å². The minimum Gasteiger partial charge on any atom is -0.357 e. The molecule has 32 heavy (non-hydrogen) atoms. The van der Waals surface area contributed by atoms with Crippen LogP contribution in [-0.2, 0) is 19.6 Å². The molecule has 0 aliphatic carbocycles. The first kappa shape index (κ1) is 23.8. The number of nitrogens with one attached hydrogen (secondary N) is 2. The zero-order valence-corrected chi connectivity index (χ0v) is 20.8. The fourth-order valence-electron chi connectivity index (χ4n) is 3.72. The van der Waals surface area contributed by atoms with Crippen LogP contribution in [0.25, 0.3) is 10.9 Å². The van der Waals surface area contributed by atoms with Crippen molar-refractivity contribution in [1.29, 1.82) is 0 Å². The van der Waals surface area contributed by atoms with Crippen LogP contribution >= 0.6 is 24.0 Å². The highest BCUT2D eigenvalue weighted by molar-refractivity contribution is 14.0. The molecule has 0 saturated carbocycles. The van der Waals surface area contributed by atoms with Crippen LogP contribution in [0.3, 0.4) is 0 Å². The van der Waals surface area contributed by atoms with Gasteiger partial charge in [0.15, 0.2) is 5.96 Å². The van der Waals surface area contributed by atoms with Gasteiger partial charge in [0, 0.05) is 50.3 Å². The Kier molecular flexibility index (Phi) is 9.15. The minimum absolute atomic E-state index is 0. The molecule has 4 aromatic rings. The number of halogens is 1. The van der Waals surface area contributed by atoms with Gasteiger partial charge in [-0.25, -0.2) is 9.98 Å². The Hall–Kier alpha value is -2.81. The highest BCUT2D eigenvalue weighted by Crippen LogP contribution is 2.15. The van der Waals surface area contributed by atoms with Gasteiger partial charge >= 0.3 is 0 Å². The topological polar surface area (TPSA) is 59.2 Å². The predicted molar refractivity (Wildman–Crippen MR) is 143 cm³/mol. The van der Waals surface area contributed by atoms with Gasteiger partial charge in [-0.05, 0) is 42.0 Å². The number of aromatic nitrogens is 3. The van der Waals surface area contributed by atoms with Crippen LogP contribution < -0.4 is 10.6 Å². The first-order valence-electron chi connectivity index (χ1n) is 10.9. The Morgan fingerprint density at radius 3 is 2.72 bits per heavy atom. The fraction of sp³-hybridized carbons (Fsp3) is 0.280. The van der Waals surface area contributed by atoms with Gasteiger partial charge in [0.1, 0.15) is 0 Å². The molecule has 0 fully saturated rings. The Bertz CT molecular complexity index is 1120. The molecule has 2 aromatic carbocycles. The minimum atomic E-state index is 0. The van der Waals surface area contributed by atoms with E-state index in [0.717, 1.165) is 38.6 Å². The van der Waals surface area contributed by atoms with Crippen molar-refractivity contribution in [3.63, 3.8) is 0 Å². The van der Waals surface area contributed by atoms with Crippen molar-refractivity contribution < 1.29 is 0 Å². The molecule has 0 aliphatic heterocycles. The number of fused-ring (bicyclic) bond motifs is 1. The number of imidazole rings is 1. The molecule has 168 valence electrons. The smallest absolute Gasteiger partial charge is 0.191 e. The number of hydrogen-bond acceptors (Lipinski definition) is 2. The van der Waals surface area contributed by atoms with Gasteiger partial charge in [0.05, 0.1) is 12.9 Å². The maximum Gasteiger partial charge on any atom is 0.191 e. The number of para-hydroxylation sites is 1. The number of rotatable bonds is 9. The first-order chi connectivity index (χ1) is 15.3. The summed E-state index contributed by atoms with van der Waals surface area (Å²) in [5.74, 6) is 0.861. The van der Waals surface area contributed by atoms with Gasteiger partial charge in [-0.1, -0.05) is 42.5 Å². The monoisotopic (exact) mass is 542 g/mol. The van der Waals surface area contributed by atoms with Crippen LogP contribution in [-0.4, -0.2) is 33.2 Å². The third-order valence-electron chi connectivity index (χ3n) is 5.23. The second kappa shape index (κ2) is 12.3. The largest absolute Gasteiger partial charge is 0.357 e. The first-order valence-corrected chi connectivity index (χ1v) is 10.9. The lowest BCUT2D eigenvalue weighted by atomic mass is 10.1. The normalized spacial score (nSPS) is 11.3. The number of benzene rings is 2. The Morgan fingerprint density at radius 1 is 1.00 bits per heavy atom. The van der Waals surface area contributed by atoms with Crippen molar-refractivity contribution in [2.45, 2.75) is 33.0 Å². The highest BCUT2D eigenvalue weighted by atomic mass is 127. The fourth-order valence-corrected chi connectivity index (χ4v) is 3.72. The van der Waals surface area contributed by atoms with E-state index in [1.54, 1.807) is 6.20 Å². The quantitative estimate of drug-likeness (QED) is 0.140. The second-order valence-corrected chi connectivity index (χ2v) is 7.60. The van der Waals surface area contributed by atoms with E-state index < -0.39 is 0 Å². The van der Waals surface area contributed by atoms with Crippen LogP contribution in [0.2, 0.25) is 0 Å². The third-order valence-corrected chi connectivity index (χ3v) is 5.23. The van der Waals surface area contributed by atoms with Gasteiger partial charge in [-0.2, -0.15) is 0 Å². The van der Waals surface area contributed by atoms with Crippen LogP contribution in [0.4, 0.5) is 0 Å². The van der Waals surface area contributed by atoms with E-state index in [2.05, 4.69) is 92.5 Å². The lowest BCUT2D eigenvalue weighted by Gasteiger charge is -2.12. The summed E-state index contributed by atoms with van der Waals surface area (Å²) in [6, 6.07) is 19.3. The van der Waals surface area contributed by atoms with Gasteiger partial charge < -0.3 is 19.8 Å². The Morgan fingerprint density at radius 2 is 1.88 bits per heavy atom. The predicted octanol–water partition coefficient (Wildman–Crippen LogP) is 4.65. The van der Waals surface area contributed by atoms with Gasteiger partial charge in [-0.3, -0.25) is 0 Å². The van der Waals surface area contributed by atoms with E-state index in [0.29, 0.717) is 6.54 Å². The molecule has 4 rings (SSSR count). The molecule has 2 aromatic heterocycles. The number of aliphatic imine (C=N–C) groups is 1. The molecule has 7 heteroatoms. The molecule has 2 heterocycles. The zero-order valence-electron chi connectivity index (χ0n) is 18.4. The van der Waals surface area contributed by atoms with Gasteiger partial charge in [-0.15, -0.1) is 24.0 Å². The average molecular weight is 542 g/mol. The summed E-state index contributed by atoms with van der Waals surface area (Å²) in [5, 5.41) is 8.10. The number of guanidine groups is 1. The van der Waals surface area contributed by atoms with Crippen molar-refractivity contribution in [3.05, 3.63) is 90.6 Å². The Balaban J connectivity index is 0.00000289. The summed E-state index contributed by atoms with van der Waals surface area (Å²) in [5.41, 5.74) is 3.75. The highest BCUT2D eigenvalue weighted by Gasteiger charge is 2.02. The molecule has 0 aliphatic rings. The average Bonchev–Trinajstić information content (AvgIpc) is 3.45. The van der Waals surface area contributed by atoms with Crippen LogP contribution in [0.5, 0.6) is 0 Å². The summed E-state index contributed by atoms with van der Waals surface area (Å²) in [6.07, 6.45) is 8.83. The lowest BCUT2D eigenvalue weighted by molar-refractivity contribution is 0.641. The van der Waals surface area contributed by atoms with Crippen molar-refractivity contribution in [3.8, 4) is 0 Å². The second-order valence-electron chi connectivity index (χ2n) is 7.60. The van der Waals surface area contributed by atoms with Gasteiger partial charge in [0.25, 0.3) is 0 Å². The molecule has 0 saturated heterocycles. The van der Waals surface area contributed by atoms with Gasteiger partial charge in [0.2, 0.25) is 0 Å². The molecule has 0 atom stereocenters. The van der Waals surface area contributed by atoms with E-state index in [4.69, 9.17) is 4.99 Å². The zero-order chi connectivity index (χ0) is 21.3. The van der Waals surface area contributed by atoms with Crippen molar-refractivity contribution in [2.24, 2.45) is 4.99 Å². The summed E-state index contributed by atoms with van der Waals surface area (Å²) < 4.78 is 4.38. The van der Waals surface area contributed by atoms with E-state index in [1.807, 2.05) is 12.5 Å². The number of aryl methyl sites for hydroxylation is 1. The maximum atomic E-state index is 4.77. The summed E-state index contributed by atoms with van der Waals surface area (Å²) in [4.78, 5) is 8.89. The van der Waals surface area contributed by atoms with Crippen LogP contribution in [0.1, 0.15) is 24.5 Å². The standard InChI is InChI=1S/C25H30N6.HI/c1-2-27-25(28-12-6-14-31-15-11-23-9-3-4-10-24(23)31)29-18-21-7-5-8-22(17-21)19-30-16-13-26-20-30;/h3-5,7-11,13,15-17,20H,2,6,12,14,18-19H2,1H3,(H2,27,28,29);1H. The van der Waals surface area contributed by atoms with Crippen LogP contribution in [0, 0.1) is 0 Å².